The highest BCUT2D eigenvalue weighted by Crippen LogP contribution is 2.20. The zero-order valence-electron chi connectivity index (χ0n) is 14.8. The fraction of sp³-hybridized carbons (Fsp3) is 0.188. The Morgan fingerprint density at radius 1 is 0.964 bits per heavy atom. The average molecular weight is 433 g/mol. The molecule has 0 atom stereocenters. The van der Waals surface area contributed by atoms with E-state index in [0.29, 0.717) is 17.8 Å². The van der Waals surface area contributed by atoms with Gasteiger partial charge in [-0.2, -0.15) is 4.31 Å². The topological polar surface area (TPSA) is 113 Å². The number of likely N-dealkylation sites (N-methyl/N-ethyl adjacent to an activating group) is 1. The van der Waals surface area contributed by atoms with Crippen LogP contribution in [0.2, 0.25) is 0 Å². The van der Waals surface area contributed by atoms with Crippen molar-refractivity contribution in [3.8, 4) is 0 Å². The summed E-state index contributed by atoms with van der Waals surface area (Å²) in [5.74, 6) is -3.04. The Hall–Kier alpha value is -2.57. The number of amides is 1. The van der Waals surface area contributed by atoms with E-state index in [1.807, 2.05) is 0 Å². The fourth-order valence-corrected chi connectivity index (χ4v) is 3.42. The second-order valence-electron chi connectivity index (χ2n) is 5.83. The maximum absolute atomic E-state index is 13.2. The minimum Gasteiger partial charge on any atom is -0.325 e. The predicted octanol–water partition coefficient (Wildman–Crippen LogP) is 1.60. The highest BCUT2D eigenvalue weighted by Gasteiger charge is 2.17. The molecule has 2 N–H and O–H groups in total. The van der Waals surface area contributed by atoms with Crippen LogP contribution in [0.3, 0.4) is 0 Å². The molecule has 0 radical (unpaired) electrons. The summed E-state index contributed by atoms with van der Waals surface area (Å²) in [5, 5.41) is 2.47. The van der Waals surface area contributed by atoms with Gasteiger partial charge in [0.25, 0.3) is 10.0 Å². The lowest BCUT2D eigenvalue weighted by Crippen LogP contribution is -2.34. The van der Waals surface area contributed by atoms with Crippen molar-refractivity contribution in [3.05, 3.63) is 54.1 Å². The zero-order chi connectivity index (χ0) is 21.1. The molecule has 152 valence electrons. The second kappa shape index (κ2) is 8.20. The number of sulfonamides is 2. The van der Waals surface area contributed by atoms with Crippen molar-refractivity contribution in [2.75, 3.05) is 29.9 Å². The third kappa shape index (κ3) is 5.71. The Labute approximate surface area is 161 Å². The van der Waals surface area contributed by atoms with Crippen molar-refractivity contribution < 1.29 is 30.4 Å². The number of carbonyl (C=O) groups excluding carboxylic acids is 1. The van der Waals surface area contributed by atoms with Gasteiger partial charge in [-0.05, 0) is 42.5 Å². The minimum atomic E-state index is -4.14. The van der Waals surface area contributed by atoms with Crippen molar-refractivity contribution in [1.82, 2.24) is 4.31 Å². The van der Waals surface area contributed by atoms with Gasteiger partial charge in [-0.3, -0.25) is 9.52 Å². The molecule has 0 fully saturated rings. The molecule has 8 nitrogen and oxygen atoms in total. The van der Waals surface area contributed by atoms with E-state index in [0.717, 1.165) is 16.6 Å². The normalized spacial score (nSPS) is 12.0. The van der Waals surface area contributed by atoms with Crippen molar-refractivity contribution >= 4 is 37.3 Å². The van der Waals surface area contributed by atoms with Crippen LogP contribution >= 0.6 is 0 Å². The molecule has 0 spiro atoms. The summed E-state index contributed by atoms with van der Waals surface area (Å²) < 4.78 is 76.2. The van der Waals surface area contributed by atoms with Crippen LogP contribution in [-0.4, -0.2) is 46.9 Å². The molecule has 0 aliphatic heterocycles. The van der Waals surface area contributed by atoms with Gasteiger partial charge in [0.05, 0.1) is 17.7 Å². The van der Waals surface area contributed by atoms with Crippen molar-refractivity contribution in [1.29, 1.82) is 0 Å². The molecule has 28 heavy (non-hydrogen) atoms. The molecule has 0 aliphatic rings. The summed E-state index contributed by atoms with van der Waals surface area (Å²) in [6.07, 6.45) is 0.966. The third-order valence-corrected chi connectivity index (χ3v) is 6.20. The van der Waals surface area contributed by atoms with Crippen LogP contribution < -0.4 is 10.0 Å². The molecule has 0 heterocycles. The second-order valence-corrected chi connectivity index (χ2v) is 9.60. The van der Waals surface area contributed by atoms with Crippen LogP contribution in [0.5, 0.6) is 0 Å². The Morgan fingerprint density at radius 2 is 1.54 bits per heavy atom. The van der Waals surface area contributed by atoms with E-state index in [1.165, 1.54) is 31.3 Å². The molecular weight excluding hydrogens is 416 g/mol. The van der Waals surface area contributed by atoms with Crippen LogP contribution in [0.15, 0.2) is 47.4 Å². The third-order valence-electron chi connectivity index (χ3n) is 3.55. The van der Waals surface area contributed by atoms with Gasteiger partial charge >= 0.3 is 0 Å². The summed E-state index contributed by atoms with van der Waals surface area (Å²) >= 11 is 0. The summed E-state index contributed by atoms with van der Waals surface area (Å²) in [5.41, 5.74) is 0.429. The number of hydrogen-bond donors (Lipinski definition) is 2. The standard InChI is InChI=1S/C16H17F2N3O5S2/c1-21(27(2,23)24)10-16(22)19-11-3-5-12(6-4-11)20-28(25,26)13-7-8-14(17)15(18)9-13/h3-9,20H,10H2,1-2H3,(H,19,22). The van der Waals surface area contributed by atoms with Gasteiger partial charge < -0.3 is 5.32 Å². The van der Waals surface area contributed by atoms with Crippen molar-refractivity contribution in [3.63, 3.8) is 0 Å². The lowest BCUT2D eigenvalue weighted by molar-refractivity contribution is -0.116. The average Bonchev–Trinajstić information content (AvgIpc) is 2.57. The number of nitrogens with zero attached hydrogens (tertiary/aromatic N) is 1. The Balaban J connectivity index is 2.06. The molecule has 0 bridgehead atoms. The first-order valence-corrected chi connectivity index (χ1v) is 11.0. The monoisotopic (exact) mass is 433 g/mol. The highest BCUT2D eigenvalue weighted by atomic mass is 32.2. The molecule has 0 saturated heterocycles. The molecule has 0 aromatic heterocycles. The molecule has 2 aromatic carbocycles. The van der Waals surface area contributed by atoms with Crippen molar-refractivity contribution in [2.45, 2.75) is 4.90 Å². The van der Waals surface area contributed by atoms with Gasteiger partial charge in [0, 0.05) is 18.4 Å². The van der Waals surface area contributed by atoms with E-state index in [9.17, 15) is 30.4 Å². The van der Waals surface area contributed by atoms with Crippen LogP contribution in [0, 0.1) is 11.6 Å². The Kier molecular flexibility index (Phi) is 6.37. The maximum atomic E-state index is 13.2. The number of halogens is 2. The summed E-state index contributed by atoms with van der Waals surface area (Å²) in [4.78, 5) is 11.4. The number of carbonyl (C=O) groups is 1. The number of rotatable bonds is 7. The van der Waals surface area contributed by atoms with Gasteiger partial charge in [0.2, 0.25) is 15.9 Å². The number of hydrogen-bond acceptors (Lipinski definition) is 5. The van der Waals surface area contributed by atoms with Gasteiger partial charge in [0.1, 0.15) is 0 Å². The number of anilines is 2. The van der Waals surface area contributed by atoms with Crippen LogP contribution in [-0.2, 0) is 24.8 Å². The Morgan fingerprint density at radius 3 is 2.07 bits per heavy atom. The molecule has 0 unspecified atom stereocenters. The molecule has 2 aromatic rings. The first-order chi connectivity index (χ1) is 12.9. The molecule has 12 heteroatoms. The lowest BCUT2D eigenvalue weighted by atomic mass is 10.3. The van der Waals surface area contributed by atoms with E-state index in [-0.39, 0.29) is 12.2 Å². The van der Waals surface area contributed by atoms with Gasteiger partial charge in [-0.1, -0.05) is 0 Å². The summed E-state index contributed by atoms with van der Waals surface area (Å²) in [6.45, 7) is -0.386. The van der Waals surface area contributed by atoms with Crippen LogP contribution in [0.4, 0.5) is 20.2 Å². The highest BCUT2D eigenvalue weighted by molar-refractivity contribution is 7.92. The largest absolute Gasteiger partial charge is 0.325 e. The first kappa shape index (κ1) is 21.7. The molecular formula is C16H17F2N3O5S2. The number of benzene rings is 2. The van der Waals surface area contributed by atoms with Gasteiger partial charge in [-0.25, -0.2) is 25.6 Å². The fourth-order valence-electron chi connectivity index (χ4n) is 2.00. The number of nitrogens with one attached hydrogen (secondary N) is 2. The van der Waals surface area contributed by atoms with E-state index >= 15 is 0 Å². The van der Waals surface area contributed by atoms with E-state index < -0.39 is 42.5 Å². The Bertz CT molecular complexity index is 1090. The molecule has 0 saturated carbocycles. The molecule has 2 rings (SSSR count). The van der Waals surface area contributed by atoms with Gasteiger partial charge in [0.15, 0.2) is 11.6 Å². The first-order valence-electron chi connectivity index (χ1n) is 7.67. The summed E-state index contributed by atoms with van der Waals surface area (Å²) in [7, 11) is -6.39. The SMILES string of the molecule is CN(CC(=O)Nc1ccc(NS(=O)(=O)c2ccc(F)c(F)c2)cc1)S(C)(=O)=O. The molecule has 0 aliphatic carbocycles. The van der Waals surface area contributed by atoms with E-state index in [4.69, 9.17) is 0 Å². The maximum Gasteiger partial charge on any atom is 0.261 e. The minimum absolute atomic E-state index is 0.121. The van der Waals surface area contributed by atoms with Crippen molar-refractivity contribution in [2.24, 2.45) is 0 Å². The van der Waals surface area contributed by atoms with E-state index in [2.05, 4.69) is 10.0 Å². The molecule has 1 amide bonds. The van der Waals surface area contributed by atoms with Crippen LogP contribution in [0.25, 0.3) is 0 Å². The zero-order valence-corrected chi connectivity index (χ0v) is 16.4. The van der Waals surface area contributed by atoms with Gasteiger partial charge in [-0.15, -0.1) is 0 Å². The lowest BCUT2D eigenvalue weighted by Gasteiger charge is -2.14. The predicted molar refractivity (Wildman–Crippen MR) is 99.7 cm³/mol. The quantitative estimate of drug-likeness (QED) is 0.689. The smallest absolute Gasteiger partial charge is 0.261 e. The van der Waals surface area contributed by atoms with Crippen LogP contribution in [0.1, 0.15) is 0 Å². The summed E-state index contributed by atoms with van der Waals surface area (Å²) in [6, 6.07) is 7.65. The van der Waals surface area contributed by atoms with E-state index in [1.54, 1.807) is 0 Å².